The van der Waals surface area contributed by atoms with E-state index in [1.807, 2.05) is 18.2 Å². The molecule has 5 amide bonds. The van der Waals surface area contributed by atoms with Crippen LogP contribution in [0.15, 0.2) is 30.4 Å². The standard InChI is InChI=1S/C35H48N6O9S/c1-34(2,3)50-32(45)37-27-10-8-6-4-5-7-9-23-17-35(23,31(44)39-51(47,48)26-13-14-26)38-29(42)28-16-25(20-41(28)30(27)43)49-33(46)40-18-21-11-12-24(36)15-22(21)19-40/h7,9,11-12,15,23,25-28H,4-6,8,10,13-14,16-20,36H2,1-3H3,(H,37,45)(H,38,42)(H,39,44)/b9-7-/t23-,25-,27+,28+,35-/m1/s1. The van der Waals surface area contributed by atoms with Gasteiger partial charge in [0.1, 0.15) is 29.3 Å². The summed E-state index contributed by atoms with van der Waals surface area (Å²) >= 11 is 0. The lowest BCUT2D eigenvalue weighted by atomic mass is 10.0. The first-order chi connectivity index (χ1) is 24.0. The normalized spacial score (nSPS) is 28.9. The molecule has 0 spiro atoms. The minimum atomic E-state index is -3.90. The van der Waals surface area contributed by atoms with Gasteiger partial charge in [0.2, 0.25) is 21.8 Å². The van der Waals surface area contributed by atoms with Crippen molar-refractivity contribution in [3.05, 3.63) is 41.5 Å². The number of rotatable bonds is 5. The van der Waals surface area contributed by atoms with Gasteiger partial charge >= 0.3 is 12.2 Å². The Balaban J connectivity index is 1.25. The van der Waals surface area contributed by atoms with Gasteiger partial charge in [-0.05, 0) is 82.6 Å². The summed E-state index contributed by atoms with van der Waals surface area (Å²) in [5.41, 5.74) is 5.99. The first kappa shape index (κ1) is 36.5. The maximum Gasteiger partial charge on any atom is 0.410 e. The fraction of sp³-hybridized carbons (Fsp3) is 0.629. The molecule has 1 saturated heterocycles. The van der Waals surface area contributed by atoms with Gasteiger partial charge in [0.15, 0.2) is 0 Å². The van der Waals surface area contributed by atoms with Crippen LogP contribution in [0, 0.1) is 5.92 Å². The van der Waals surface area contributed by atoms with Gasteiger partial charge < -0.3 is 30.7 Å². The van der Waals surface area contributed by atoms with Crippen LogP contribution in [0.5, 0.6) is 0 Å². The highest BCUT2D eigenvalue weighted by Crippen LogP contribution is 2.46. The summed E-state index contributed by atoms with van der Waals surface area (Å²) in [4.78, 5) is 71.1. The second-order valence-corrected chi connectivity index (χ2v) is 17.3. The average molecular weight is 729 g/mol. The van der Waals surface area contributed by atoms with Gasteiger partial charge in [-0.1, -0.05) is 31.1 Å². The molecule has 2 aliphatic carbocycles. The van der Waals surface area contributed by atoms with Gasteiger partial charge in [-0.3, -0.25) is 24.0 Å². The molecule has 3 aliphatic heterocycles. The number of nitrogens with two attached hydrogens (primary N) is 1. The number of fused-ring (bicyclic) bond motifs is 3. The Morgan fingerprint density at radius 1 is 1.04 bits per heavy atom. The zero-order valence-electron chi connectivity index (χ0n) is 29.3. The third-order valence-electron chi connectivity index (χ3n) is 10.0. The molecule has 5 aliphatic rings. The van der Waals surface area contributed by atoms with Crippen molar-refractivity contribution >= 4 is 45.6 Å². The van der Waals surface area contributed by atoms with Crippen LogP contribution in [0.1, 0.15) is 89.7 Å². The van der Waals surface area contributed by atoms with Crippen molar-refractivity contribution < 1.29 is 41.9 Å². The molecule has 2 saturated carbocycles. The monoisotopic (exact) mass is 728 g/mol. The van der Waals surface area contributed by atoms with Crippen molar-refractivity contribution in [2.45, 2.75) is 126 Å². The summed E-state index contributed by atoms with van der Waals surface area (Å²) in [5.74, 6) is -2.52. The number of carbonyl (C=O) groups is 5. The van der Waals surface area contributed by atoms with Crippen LogP contribution in [0.2, 0.25) is 0 Å². The molecule has 3 heterocycles. The van der Waals surface area contributed by atoms with E-state index in [0.717, 1.165) is 24.0 Å². The first-order valence-corrected chi connectivity index (χ1v) is 19.3. The van der Waals surface area contributed by atoms with E-state index in [1.54, 1.807) is 32.9 Å². The molecular weight excluding hydrogens is 680 g/mol. The predicted molar refractivity (Wildman–Crippen MR) is 185 cm³/mol. The number of hydrogen-bond donors (Lipinski definition) is 4. The fourth-order valence-electron chi connectivity index (χ4n) is 7.06. The van der Waals surface area contributed by atoms with Gasteiger partial charge in [0.05, 0.1) is 11.8 Å². The van der Waals surface area contributed by atoms with Gasteiger partial charge in [-0.25, -0.2) is 18.0 Å². The number of benzene rings is 1. The van der Waals surface area contributed by atoms with Crippen LogP contribution in [-0.2, 0) is 47.0 Å². The summed E-state index contributed by atoms with van der Waals surface area (Å²) in [5, 5.41) is 4.86. The molecule has 15 nitrogen and oxygen atoms in total. The lowest BCUT2D eigenvalue weighted by molar-refractivity contribution is -0.141. The van der Waals surface area contributed by atoms with E-state index in [9.17, 15) is 32.4 Å². The van der Waals surface area contributed by atoms with Gasteiger partial charge in [0.25, 0.3) is 5.91 Å². The Bertz CT molecular complexity index is 1720. The van der Waals surface area contributed by atoms with Crippen LogP contribution in [-0.4, -0.2) is 89.2 Å². The van der Waals surface area contributed by atoms with Crippen molar-refractivity contribution in [3.8, 4) is 0 Å². The van der Waals surface area contributed by atoms with Gasteiger partial charge in [-0.15, -0.1) is 0 Å². The molecule has 278 valence electrons. The maximum atomic E-state index is 14.3. The number of allylic oxidation sites excluding steroid dienone is 1. The molecular formula is C35H48N6O9S. The largest absolute Gasteiger partial charge is 0.444 e. The van der Waals surface area contributed by atoms with E-state index in [-0.39, 0.29) is 32.4 Å². The molecule has 6 rings (SSSR count). The Labute approximate surface area is 298 Å². The summed E-state index contributed by atoms with van der Waals surface area (Å²) in [6.45, 7) is 5.58. The summed E-state index contributed by atoms with van der Waals surface area (Å²) in [6, 6.07) is 3.19. The molecule has 0 unspecified atom stereocenters. The number of amides is 5. The van der Waals surface area contributed by atoms with E-state index in [1.165, 1.54) is 9.80 Å². The van der Waals surface area contributed by atoms with Gasteiger partial charge in [0, 0.05) is 31.1 Å². The quantitative estimate of drug-likeness (QED) is 0.258. The molecule has 1 aromatic carbocycles. The smallest absolute Gasteiger partial charge is 0.410 e. The number of ether oxygens (including phenoxy) is 2. The SMILES string of the molecule is CC(C)(C)OC(=O)N[C@H]1CCCCC/C=C\[C@@H]2C[C@@]2(C(=O)NS(=O)(=O)C2CC2)NC(=O)[C@@H]2C[C@@H](OC(=O)N3Cc4ccc(N)cc4C3)CN2C1=O. The minimum Gasteiger partial charge on any atom is -0.444 e. The molecule has 5 N–H and O–H groups in total. The predicted octanol–water partition coefficient (Wildman–Crippen LogP) is 2.59. The van der Waals surface area contributed by atoms with Crippen molar-refractivity contribution in [3.63, 3.8) is 0 Å². The number of carbonyl (C=O) groups excluding carboxylic acids is 5. The lowest BCUT2D eigenvalue weighted by Crippen LogP contribution is -2.58. The Kier molecular flexibility index (Phi) is 10.0. The number of nitrogen functional groups attached to an aromatic ring is 1. The lowest BCUT2D eigenvalue weighted by Gasteiger charge is -2.30. The van der Waals surface area contributed by atoms with Crippen molar-refractivity contribution in [2.75, 3.05) is 12.3 Å². The van der Waals surface area contributed by atoms with Crippen LogP contribution in [0.4, 0.5) is 15.3 Å². The number of nitrogens with zero attached hydrogens (tertiary/aromatic N) is 2. The fourth-order valence-corrected chi connectivity index (χ4v) is 8.42. The molecule has 3 fully saturated rings. The highest BCUT2D eigenvalue weighted by atomic mass is 32.2. The molecule has 0 aromatic heterocycles. The van der Waals surface area contributed by atoms with Crippen LogP contribution >= 0.6 is 0 Å². The minimum absolute atomic E-state index is 0.0746. The number of anilines is 1. The number of hydrogen-bond acceptors (Lipinski definition) is 10. The van der Waals surface area contributed by atoms with Crippen molar-refractivity contribution in [1.82, 2.24) is 25.2 Å². The zero-order valence-corrected chi connectivity index (χ0v) is 30.1. The topological polar surface area (TPSA) is 207 Å². The molecule has 0 radical (unpaired) electrons. The second-order valence-electron chi connectivity index (χ2n) is 15.3. The Hall–Kier alpha value is -4.34. The second kappa shape index (κ2) is 14.0. The Morgan fingerprint density at radius 3 is 2.51 bits per heavy atom. The summed E-state index contributed by atoms with van der Waals surface area (Å²) in [7, 11) is -3.90. The zero-order chi connectivity index (χ0) is 36.7. The van der Waals surface area contributed by atoms with E-state index >= 15 is 0 Å². The average Bonchev–Trinajstić information content (AvgIpc) is 3.93. The van der Waals surface area contributed by atoms with Crippen LogP contribution < -0.4 is 21.1 Å². The highest BCUT2D eigenvalue weighted by Gasteiger charge is 2.62. The third-order valence-corrected chi connectivity index (χ3v) is 11.8. The molecule has 51 heavy (non-hydrogen) atoms. The van der Waals surface area contributed by atoms with E-state index < -0.39 is 80.4 Å². The first-order valence-electron chi connectivity index (χ1n) is 17.7. The molecule has 16 heteroatoms. The number of sulfonamides is 1. The van der Waals surface area contributed by atoms with E-state index in [0.29, 0.717) is 37.9 Å². The third kappa shape index (κ3) is 8.42. The van der Waals surface area contributed by atoms with Crippen molar-refractivity contribution in [2.24, 2.45) is 5.92 Å². The molecule has 5 atom stereocenters. The van der Waals surface area contributed by atoms with Crippen molar-refractivity contribution in [1.29, 1.82) is 0 Å². The number of alkyl carbamates (subject to hydrolysis) is 1. The molecule has 1 aromatic rings. The van der Waals surface area contributed by atoms with Crippen LogP contribution in [0.3, 0.4) is 0 Å². The highest BCUT2D eigenvalue weighted by molar-refractivity contribution is 7.91. The van der Waals surface area contributed by atoms with Gasteiger partial charge in [-0.2, -0.15) is 0 Å². The Morgan fingerprint density at radius 2 is 1.78 bits per heavy atom. The van der Waals surface area contributed by atoms with Crippen LogP contribution in [0.25, 0.3) is 0 Å². The molecule has 0 bridgehead atoms. The summed E-state index contributed by atoms with van der Waals surface area (Å²) < 4.78 is 39.0. The number of nitrogens with one attached hydrogen (secondary N) is 3. The summed E-state index contributed by atoms with van der Waals surface area (Å²) in [6.07, 6.45) is 5.55. The van der Waals surface area contributed by atoms with E-state index in [2.05, 4.69) is 15.4 Å². The maximum absolute atomic E-state index is 14.3. The van der Waals surface area contributed by atoms with E-state index in [4.69, 9.17) is 15.2 Å².